The SMILES string of the molecule is Cc1ccc(CCCC2CCNCC2)c(C)c1. The summed E-state index contributed by atoms with van der Waals surface area (Å²) in [6.45, 7) is 6.88. The quantitative estimate of drug-likeness (QED) is 0.834. The van der Waals surface area contributed by atoms with E-state index in [1.807, 2.05) is 0 Å². The lowest BCUT2D eigenvalue weighted by molar-refractivity contribution is 0.347. The number of nitrogens with one attached hydrogen (secondary N) is 1. The molecule has 1 heterocycles. The number of hydrogen-bond acceptors (Lipinski definition) is 1. The van der Waals surface area contributed by atoms with Gasteiger partial charge in [0.25, 0.3) is 0 Å². The molecule has 1 aliphatic heterocycles. The van der Waals surface area contributed by atoms with Crippen molar-refractivity contribution in [2.24, 2.45) is 5.92 Å². The van der Waals surface area contributed by atoms with Gasteiger partial charge in [0, 0.05) is 0 Å². The average Bonchev–Trinajstić information content (AvgIpc) is 2.33. The topological polar surface area (TPSA) is 12.0 Å². The summed E-state index contributed by atoms with van der Waals surface area (Å²) in [5.74, 6) is 0.974. The van der Waals surface area contributed by atoms with Gasteiger partial charge in [-0.25, -0.2) is 0 Å². The van der Waals surface area contributed by atoms with Crippen LogP contribution < -0.4 is 5.32 Å². The molecule has 0 unspecified atom stereocenters. The van der Waals surface area contributed by atoms with Gasteiger partial charge in [-0.1, -0.05) is 30.2 Å². The minimum Gasteiger partial charge on any atom is -0.317 e. The highest BCUT2D eigenvalue weighted by Gasteiger charge is 2.12. The number of piperidine rings is 1. The maximum Gasteiger partial charge on any atom is -0.00463 e. The van der Waals surface area contributed by atoms with Crippen LogP contribution in [0.1, 0.15) is 42.4 Å². The maximum atomic E-state index is 3.44. The Balaban J connectivity index is 1.77. The molecule has 0 amide bonds. The van der Waals surface area contributed by atoms with Crippen molar-refractivity contribution >= 4 is 0 Å². The largest absolute Gasteiger partial charge is 0.317 e. The Labute approximate surface area is 106 Å². The molecule has 0 atom stereocenters. The second-order valence-electron chi connectivity index (χ2n) is 5.52. The molecule has 0 radical (unpaired) electrons. The molecule has 0 aromatic heterocycles. The van der Waals surface area contributed by atoms with Gasteiger partial charge in [0.1, 0.15) is 0 Å². The molecule has 0 bridgehead atoms. The fourth-order valence-electron chi connectivity index (χ4n) is 2.88. The summed E-state index contributed by atoms with van der Waals surface area (Å²) >= 11 is 0. The van der Waals surface area contributed by atoms with E-state index in [-0.39, 0.29) is 0 Å². The molecule has 1 fully saturated rings. The van der Waals surface area contributed by atoms with Gasteiger partial charge in [-0.3, -0.25) is 0 Å². The Morgan fingerprint density at radius 2 is 1.94 bits per heavy atom. The molecule has 1 aliphatic rings. The number of benzene rings is 1. The highest BCUT2D eigenvalue weighted by Crippen LogP contribution is 2.20. The first-order valence-corrected chi connectivity index (χ1v) is 7.02. The van der Waals surface area contributed by atoms with E-state index < -0.39 is 0 Å². The van der Waals surface area contributed by atoms with Crippen LogP contribution in [0.3, 0.4) is 0 Å². The molecular formula is C16H25N. The van der Waals surface area contributed by atoms with Crippen LogP contribution in [-0.4, -0.2) is 13.1 Å². The van der Waals surface area contributed by atoms with Crippen molar-refractivity contribution in [3.8, 4) is 0 Å². The zero-order chi connectivity index (χ0) is 12.1. The van der Waals surface area contributed by atoms with Crippen LogP contribution in [0.15, 0.2) is 18.2 Å². The van der Waals surface area contributed by atoms with Gasteiger partial charge in [-0.05, 0) is 69.7 Å². The van der Waals surface area contributed by atoms with Gasteiger partial charge >= 0.3 is 0 Å². The van der Waals surface area contributed by atoms with Gasteiger partial charge in [0.05, 0.1) is 0 Å². The van der Waals surface area contributed by atoms with Crippen LogP contribution in [0.25, 0.3) is 0 Å². The molecule has 1 heteroatoms. The summed E-state index contributed by atoms with van der Waals surface area (Å²) in [7, 11) is 0. The predicted octanol–water partition coefficient (Wildman–Crippen LogP) is 3.63. The minimum absolute atomic E-state index is 0.974. The van der Waals surface area contributed by atoms with E-state index in [9.17, 15) is 0 Å². The Morgan fingerprint density at radius 1 is 1.18 bits per heavy atom. The van der Waals surface area contributed by atoms with E-state index in [0.29, 0.717) is 0 Å². The van der Waals surface area contributed by atoms with Crippen molar-refractivity contribution in [3.05, 3.63) is 34.9 Å². The molecule has 2 rings (SSSR count). The summed E-state index contributed by atoms with van der Waals surface area (Å²) in [4.78, 5) is 0. The summed E-state index contributed by atoms with van der Waals surface area (Å²) in [6.07, 6.45) is 6.79. The molecule has 1 nitrogen and oxygen atoms in total. The molecule has 17 heavy (non-hydrogen) atoms. The van der Waals surface area contributed by atoms with Crippen LogP contribution in [0.5, 0.6) is 0 Å². The number of hydrogen-bond donors (Lipinski definition) is 1. The molecule has 1 N–H and O–H groups in total. The van der Waals surface area contributed by atoms with Crippen LogP contribution in [-0.2, 0) is 6.42 Å². The smallest absolute Gasteiger partial charge is 0.00463 e. The standard InChI is InChI=1S/C16H25N/c1-13-6-7-16(14(2)12-13)5-3-4-15-8-10-17-11-9-15/h6-7,12,15,17H,3-5,8-11H2,1-2H3. The molecule has 1 aromatic carbocycles. The van der Waals surface area contributed by atoms with E-state index in [2.05, 4.69) is 37.4 Å². The van der Waals surface area contributed by atoms with Gasteiger partial charge in [0.2, 0.25) is 0 Å². The van der Waals surface area contributed by atoms with E-state index in [4.69, 9.17) is 0 Å². The predicted molar refractivity (Wildman–Crippen MR) is 74.4 cm³/mol. The lowest BCUT2D eigenvalue weighted by Gasteiger charge is -2.22. The zero-order valence-electron chi connectivity index (χ0n) is 11.3. The normalized spacial score (nSPS) is 17.3. The van der Waals surface area contributed by atoms with E-state index in [0.717, 1.165) is 5.92 Å². The lowest BCUT2D eigenvalue weighted by atomic mass is 9.91. The Kier molecular flexibility index (Phi) is 4.61. The van der Waals surface area contributed by atoms with E-state index in [1.165, 1.54) is 56.3 Å². The van der Waals surface area contributed by atoms with E-state index >= 15 is 0 Å². The van der Waals surface area contributed by atoms with Crippen molar-refractivity contribution in [2.45, 2.75) is 46.0 Å². The van der Waals surface area contributed by atoms with Crippen LogP contribution in [0.2, 0.25) is 0 Å². The number of rotatable bonds is 4. The third-order valence-corrected chi connectivity index (χ3v) is 4.02. The number of aryl methyl sites for hydroxylation is 3. The third-order valence-electron chi connectivity index (χ3n) is 4.02. The summed E-state index contributed by atoms with van der Waals surface area (Å²) in [5, 5.41) is 3.44. The first kappa shape index (κ1) is 12.6. The first-order valence-electron chi connectivity index (χ1n) is 7.02. The van der Waals surface area contributed by atoms with Gasteiger partial charge in [-0.15, -0.1) is 0 Å². The third kappa shape index (κ3) is 3.85. The molecule has 94 valence electrons. The second kappa shape index (κ2) is 6.20. The molecule has 0 aliphatic carbocycles. The van der Waals surface area contributed by atoms with Crippen molar-refractivity contribution < 1.29 is 0 Å². The van der Waals surface area contributed by atoms with Crippen molar-refractivity contribution in [3.63, 3.8) is 0 Å². The van der Waals surface area contributed by atoms with E-state index in [1.54, 1.807) is 5.56 Å². The van der Waals surface area contributed by atoms with Crippen LogP contribution in [0.4, 0.5) is 0 Å². The molecular weight excluding hydrogens is 206 g/mol. The first-order chi connectivity index (χ1) is 8.25. The fraction of sp³-hybridized carbons (Fsp3) is 0.625. The minimum atomic E-state index is 0.974. The average molecular weight is 231 g/mol. The lowest BCUT2D eigenvalue weighted by Crippen LogP contribution is -2.27. The zero-order valence-corrected chi connectivity index (χ0v) is 11.3. The highest BCUT2D eigenvalue weighted by molar-refractivity contribution is 5.30. The molecule has 1 aromatic rings. The monoisotopic (exact) mass is 231 g/mol. The molecule has 0 spiro atoms. The maximum absolute atomic E-state index is 3.44. The Bertz CT molecular complexity index is 351. The summed E-state index contributed by atoms with van der Waals surface area (Å²) < 4.78 is 0. The molecule has 1 saturated heterocycles. The van der Waals surface area contributed by atoms with Crippen molar-refractivity contribution in [1.29, 1.82) is 0 Å². The summed E-state index contributed by atoms with van der Waals surface area (Å²) in [5.41, 5.74) is 4.39. The second-order valence-corrected chi connectivity index (χ2v) is 5.52. The van der Waals surface area contributed by atoms with Crippen LogP contribution >= 0.6 is 0 Å². The molecule has 0 saturated carbocycles. The van der Waals surface area contributed by atoms with Gasteiger partial charge < -0.3 is 5.32 Å². The van der Waals surface area contributed by atoms with Gasteiger partial charge in [-0.2, -0.15) is 0 Å². The Hall–Kier alpha value is -0.820. The van der Waals surface area contributed by atoms with Crippen molar-refractivity contribution in [2.75, 3.05) is 13.1 Å². The van der Waals surface area contributed by atoms with Gasteiger partial charge in [0.15, 0.2) is 0 Å². The Morgan fingerprint density at radius 3 is 2.65 bits per heavy atom. The highest BCUT2D eigenvalue weighted by atomic mass is 14.9. The van der Waals surface area contributed by atoms with Crippen molar-refractivity contribution in [1.82, 2.24) is 5.32 Å². The van der Waals surface area contributed by atoms with Crippen LogP contribution in [0, 0.1) is 19.8 Å². The summed E-state index contributed by atoms with van der Waals surface area (Å²) in [6, 6.07) is 6.86. The fourth-order valence-corrected chi connectivity index (χ4v) is 2.88.